The lowest BCUT2D eigenvalue weighted by Crippen LogP contribution is -2.10. The standard InChI is InChI=1S/C12H10F3N3O/c13-12(14,15)10-5-6-11(18-17-10)16-7-8-1-3-9(19)4-2-8/h1-6,19H,7H2,(H,16,18). The third-order valence-corrected chi connectivity index (χ3v) is 2.36. The molecule has 0 saturated heterocycles. The van der Waals surface area contributed by atoms with E-state index in [4.69, 9.17) is 5.11 Å². The summed E-state index contributed by atoms with van der Waals surface area (Å²) in [6.07, 6.45) is -4.48. The monoisotopic (exact) mass is 269 g/mol. The molecule has 100 valence electrons. The number of hydrogen-bond donors (Lipinski definition) is 2. The van der Waals surface area contributed by atoms with Crippen LogP contribution in [0.1, 0.15) is 11.3 Å². The fraction of sp³-hybridized carbons (Fsp3) is 0.167. The molecule has 0 saturated carbocycles. The number of halogens is 3. The van der Waals surface area contributed by atoms with Crippen molar-refractivity contribution in [3.8, 4) is 5.75 Å². The van der Waals surface area contributed by atoms with Crippen LogP contribution in [0.3, 0.4) is 0 Å². The average molecular weight is 269 g/mol. The van der Waals surface area contributed by atoms with Crippen LogP contribution in [0, 0.1) is 0 Å². The number of aromatic hydroxyl groups is 1. The first-order valence-corrected chi connectivity index (χ1v) is 5.38. The van der Waals surface area contributed by atoms with E-state index in [1.54, 1.807) is 12.1 Å². The highest BCUT2D eigenvalue weighted by atomic mass is 19.4. The van der Waals surface area contributed by atoms with E-state index in [-0.39, 0.29) is 11.6 Å². The number of alkyl halides is 3. The number of phenolic OH excluding ortho intramolecular Hbond substituents is 1. The van der Waals surface area contributed by atoms with E-state index >= 15 is 0 Å². The minimum absolute atomic E-state index is 0.151. The van der Waals surface area contributed by atoms with Gasteiger partial charge < -0.3 is 10.4 Å². The highest BCUT2D eigenvalue weighted by Gasteiger charge is 2.32. The van der Waals surface area contributed by atoms with Gasteiger partial charge in [0.1, 0.15) is 11.6 Å². The molecule has 19 heavy (non-hydrogen) atoms. The Bertz CT molecular complexity index is 538. The molecule has 0 amide bonds. The van der Waals surface area contributed by atoms with E-state index in [0.717, 1.165) is 11.6 Å². The highest BCUT2D eigenvalue weighted by Crippen LogP contribution is 2.27. The first kappa shape index (κ1) is 13.1. The summed E-state index contributed by atoms with van der Waals surface area (Å²) in [4.78, 5) is 0. The van der Waals surface area contributed by atoms with Gasteiger partial charge >= 0.3 is 6.18 Å². The number of rotatable bonds is 3. The van der Waals surface area contributed by atoms with Crippen LogP contribution in [0.2, 0.25) is 0 Å². The summed E-state index contributed by atoms with van der Waals surface area (Å²) in [5.41, 5.74) is -0.165. The maximum absolute atomic E-state index is 12.3. The third kappa shape index (κ3) is 3.57. The summed E-state index contributed by atoms with van der Waals surface area (Å²) < 4.78 is 36.8. The summed E-state index contributed by atoms with van der Waals surface area (Å²) in [6.45, 7) is 0.375. The SMILES string of the molecule is Oc1ccc(CNc2ccc(C(F)(F)F)nn2)cc1. The smallest absolute Gasteiger partial charge is 0.435 e. The van der Waals surface area contributed by atoms with Crippen LogP contribution < -0.4 is 5.32 Å². The molecule has 4 nitrogen and oxygen atoms in total. The summed E-state index contributed by atoms with van der Waals surface area (Å²) in [7, 11) is 0. The molecule has 0 atom stereocenters. The van der Waals surface area contributed by atoms with Crippen molar-refractivity contribution in [2.24, 2.45) is 0 Å². The zero-order valence-corrected chi connectivity index (χ0v) is 9.65. The molecule has 2 rings (SSSR count). The quantitative estimate of drug-likeness (QED) is 0.899. The Morgan fingerprint density at radius 2 is 1.68 bits per heavy atom. The largest absolute Gasteiger partial charge is 0.508 e. The van der Waals surface area contributed by atoms with Crippen LogP contribution in [0.15, 0.2) is 36.4 Å². The molecule has 1 aromatic carbocycles. The van der Waals surface area contributed by atoms with Crippen LogP contribution in [-0.4, -0.2) is 15.3 Å². The summed E-state index contributed by atoms with van der Waals surface area (Å²) in [6, 6.07) is 8.52. The molecule has 1 aromatic heterocycles. The van der Waals surface area contributed by atoms with Crippen LogP contribution in [0.4, 0.5) is 19.0 Å². The topological polar surface area (TPSA) is 58.0 Å². The normalized spacial score (nSPS) is 11.3. The van der Waals surface area contributed by atoms with Gasteiger partial charge in [-0.3, -0.25) is 0 Å². The van der Waals surface area contributed by atoms with E-state index < -0.39 is 11.9 Å². The highest BCUT2D eigenvalue weighted by molar-refractivity contribution is 5.35. The molecule has 7 heteroatoms. The number of phenols is 1. The summed E-state index contributed by atoms with van der Waals surface area (Å²) in [5, 5.41) is 18.5. The Labute approximate surface area is 106 Å². The Balaban J connectivity index is 1.98. The molecule has 1 heterocycles. The lowest BCUT2D eigenvalue weighted by atomic mass is 10.2. The van der Waals surface area contributed by atoms with Crippen molar-refractivity contribution >= 4 is 5.82 Å². The number of anilines is 1. The number of nitrogens with one attached hydrogen (secondary N) is 1. The molecule has 0 bridgehead atoms. The lowest BCUT2D eigenvalue weighted by Gasteiger charge is -2.07. The first-order valence-electron chi connectivity index (χ1n) is 5.38. The molecular weight excluding hydrogens is 259 g/mol. The van der Waals surface area contributed by atoms with Crippen molar-refractivity contribution in [2.75, 3.05) is 5.32 Å². The van der Waals surface area contributed by atoms with Crippen LogP contribution in [0.5, 0.6) is 5.75 Å². The van der Waals surface area contributed by atoms with Gasteiger partial charge in [0.2, 0.25) is 0 Å². The predicted molar refractivity (Wildman–Crippen MR) is 62.5 cm³/mol. The van der Waals surface area contributed by atoms with Crippen molar-refractivity contribution < 1.29 is 18.3 Å². The average Bonchev–Trinajstić information content (AvgIpc) is 2.37. The molecule has 0 aliphatic rings. The molecule has 0 spiro atoms. The third-order valence-electron chi connectivity index (χ3n) is 2.36. The zero-order chi connectivity index (χ0) is 13.9. The Morgan fingerprint density at radius 1 is 1.00 bits per heavy atom. The fourth-order valence-corrected chi connectivity index (χ4v) is 1.38. The van der Waals surface area contributed by atoms with Gasteiger partial charge in [0.05, 0.1) is 0 Å². The van der Waals surface area contributed by atoms with Crippen molar-refractivity contribution in [2.45, 2.75) is 12.7 Å². The Kier molecular flexibility index (Phi) is 3.55. The Morgan fingerprint density at radius 3 is 2.21 bits per heavy atom. The number of benzene rings is 1. The van der Waals surface area contributed by atoms with Crippen LogP contribution >= 0.6 is 0 Å². The molecule has 0 aliphatic carbocycles. The van der Waals surface area contributed by atoms with Crippen molar-refractivity contribution in [1.29, 1.82) is 0 Å². The van der Waals surface area contributed by atoms with Gasteiger partial charge in [0.25, 0.3) is 0 Å². The predicted octanol–water partition coefficient (Wildman–Crippen LogP) is 2.81. The minimum atomic E-state index is -4.48. The number of hydrogen-bond acceptors (Lipinski definition) is 4. The minimum Gasteiger partial charge on any atom is -0.508 e. The van der Waals surface area contributed by atoms with E-state index in [1.165, 1.54) is 18.2 Å². The lowest BCUT2D eigenvalue weighted by molar-refractivity contribution is -0.141. The second-order valence-corrected chi connectivity index (χ2v) is 3.82. The van der Waals surface area contributed by atoms with Gasteiger partial charge in [-0.15, -0.1) is 10.2 Å². The van der Waals surface area contributed by atoms with Gasteiger partial charge in [-0.25, -0.2) is 0 Å². The molecule has 0 radical (unpaired) electrons. The van der Waals surface area contributed by atoms with Crippen LogP contribution in [-0.2, 0) is 12.7 Å². The van der Waals surface area contributed by atoms with Crippen LogP contribution in [0.25, 0.3) is 0 Å². The van der Waals surface area contributed by atoms with Crippen molar-refractivity contribution in [3.05, 3.63) is 47.7 Å². The molecule has 2 aromatic rings. The summed E-state index contributed by atoms with van der Waals surface area (Å²) in [5.74, 6) is 0.402. The van der Waals surface area contributed by atoms with E-state index in [0.29, 0.717) is 6.54 Å². The molecule has 0 aliphatic heterocycles. The molecule has 0 fully saturated rings. The van der Waals surface area contributed by atoms with E-state index in [1.807, 2.05) is 0 Å². The van der Waals surface area contributed by atoms with Gasteiger partial charge in [0.15, 0.2) is 5.69 Å². The van der Waals surface area contributed by atoms with Gasteiger partial charge in [-0.2, -0.15) is 13.2 Å². The van der Waals surface area contributed by atoms with Gasteiger partial charge in [-0.05, 0) is 29.8 Å². The maximum atomic E-state index is 12.3. The first-order chi connectivity index (χ1) is 8.95. The maximum Gasteiger partial charge on any atom is 0.435 e. The number of nitrogens with zero attached hydrogens (tertiary/aromatic N) is 2. The van der Waals surface area contributed by atoms with Gasteiger partial charge in [0, 0.05) is 6.54 Å². The van der Waals surface area contributed by atoms with Crippen molar-refractivity contribution in [1.82, 2.24) is 10.2 Å². The number of aromatic nitrogens is 2. The van der Waals surface area contributed by atoms with E-state index in [9.17, 15) is 13.2 Å². The Hall–Kier alpha value is -2.31. The fourth-order valence-electron chi connectivity index (χ4n) is 1.38. The molecule has 2 N–H and O–H groups in total. The zero-order valence-electron chi connectivity index (χ0n) is 9.65. The molecule has 0 unspecified atom stereocenters. The molecular formula is C12H10F3N3O. The van der Waals surface area contributed by atoms with Crippen molar-refractivity contribution in [3.63, 3.8) is 0 Å². The summed E-state index contributed by atoms with van der Waals surface area (Å²) >= 11 is 0. The van der Waals surface area contributed by atoms with Gasteiger partial charge in [-0.1, -0.05) is 12.1 Å². The van der Waals surface area contributed by atoms with E-state index in [2.05, 4.69) is 15.5 Å². The second-order valence-electron chi connectivity index (χ2n) is 3.82. The second kappa shape index (κ2) is 5.13.